The van der Waals surface area contributed by atoms with E-state index in [4.69, 9.17) is 21.7 Å². The van der Waals surface area contributed by atoms with Gasteiger partial charge in [0.1, 0.15) is 21.4 Å². The summed E-state index contributed by atoms with van der Waals surface area (Å²) in [5.74, 6) is 1.94. The van der Waals surface area contributed by atoms with Gasteiger partial charge < -0.3 is 14.8 Å². The number of anilines is 1. The minimum Gasteiger partial charge on any atom is -0.497 e. The number of nitrogens with zero attached hydrogens (tertiary/aromatic N) is 2. The second-order valence-electron chi connectivity index (χ2n) is 4.78. The maximum atomic E-state index is 5.49. The van der Waals surface area contributed by atoms with E-state index in [0.717, 1.165) is 22.0 Å². The van der Waals surface area contributed by atoms with Gasteiger partial charge in [-0.05, 0) is 36.5 Å². The number of rotatable bonds is 5. The minimum absolute atomic E-state index is 0.524. The van der Waals surface area contributed by atoms with Gasteiger partial charge in [0.2, 0.25) is 0 Å². The van der Waals surface area contributed by atoms with Gasteiger partial charge in [-0.1, -0.05) is 16.7 Å². The Morgan fingerprint density at radius 2 is 2.14 bits per heavy atom. The van der Waals surface area contributed by atoms with E-state index in [1.165, 1.54) is 24.4 Å². The number of ether oxygens (including phenoxy) is 2. The topological polar surface area (TPSA) is 56.3 Å². The Labute approximate surface area is 132 Å². The Hall–Kier alpha value is -1.73. The molecule has 1 saturated carbocycles. The Morgan fingerprint density at radius 3 is 2.81 bits per heavy atom. The van der Waals surface area contributed by atoms with Gasteiger partial charge >= 0.3 is 0 Å². The maximum absolute atomic E-state index is 5.49. The highest BCUT2D eigenvalue weighted by Crippen LogP contribution is 2.41. The van der Waals surface area contributed by atoms with Crippen molar-refractivity contribution >= 4 is 34.4 Å². The standard InChI is InChI=1S/C14H15N3O2S2/c1-18-9-5-6-10(11(7-9)19-2)15-14(20)13-12(8-3-4-8)16-17-21-13/h5-8H,3-4H2,1-2H3,(H,15,20). The molecule has 0 saturated heterocycles. The van der Waals surface area contributed by atoms with Crippen LogP contribution in [0.15, 0.2) is 18.2 Å². The smallest absolute Gasteiger partial charge is 0.146 e. The van der Waals surface area contributed by atoms with Gasteiger partial charge in [0.05, 0.1) is 25.6 Å². The highest BCUT2D eigenvalue weighted by Gasteiger charge is 2.30. The molecule has 1 aromatic carbocycles. The van der Waals surface area contributed by atoms with Crippen LogP contribution in [0.3, 0.4) is 0 Å². The highest BCUT2D eigenvalue weighted by molar-refractivity contribution is 7.81. The predicted octanol–water partition coefficient (Wildman–Crippen LogP) is 3.22. The number of methoxy groups -OCH3 is 2. The van der Waals surface area contributed by atoms with Crippen molar-refractivity contribution in [1.29, 1.82) is 0 Å². The lowest BCUT2D eigenvalue weighted by Crippen LogP contribution is -2.11. The first-order chi connectivity index (χ1) is 10.2. The number of thiocarbonyl (C=S) groups is 1. The van der Waals surface area contributed by atoms with Crippen LogP contribution >= 0.6 is 23.8 Å². The van der Waals surface area contributed by atoms with Crippen molar-refractivity contribution in [2.75, 3.05) is 19.5 Å². The largest absolute Gasteiger partial charge is 0.497 e. The summed E-state index contributed by atoms with van der Waals surface area (Å²) in [4.78, 5) is 1.58. The second kappa shape index (κ2) is 5.95. The number of benzene rings is 1. The molecule has 7 heteroatoms. The molecule has 0 aliphatic heterocycles. The zero-order valence-electron chi connectivity index (χ0n) is 11.8. The zero-order chi connectivity index (χ0) is 14.8. The molecule has 0 spiro atoms. The minimum atomic E-state index is 0.524. The molecule has 5 nitrogen and oxygen atoms in total. The van der Waals surface area contributed by atoms with E-state index in [9.17, 15) is 0 Å². The molecular weight excluding hydrogens is 306 g/mol. The van der Waals surface area contributed by atoms with Crippen molar-refractivity contribution in [3.8, 4) is 11.5 Å². The molecule has 1 heterocycles. The van der Waals surface area contributed by atoms with E-state index in [2.05, 4.69) is 14.9 Å². The van der Waals surface area contributed by atoms with Crippen molar-refractivity contribution in [2.45, 2.75) is 18.8 Å². The highest BCUT2D eigenvalue weighted by atomic mass is 32.1. The van der Waals surface area contributed by atoms with E-state index in [-0.39, 0.29) is 0 Å². The van der Waals surface area contributed by atoms with Gasteiger partial charge in [-0.15, -0.1) is 5.10 Å². The van der Waals surface area contributed by atoms with Crippen molar-refractivity contribution < 1.29 is 9.47 Å². The van der Waals surface area contributed by atoms with Gasteiger partial charge in [-0.3, -0.25) is 0 Å². The number of nitrogens with one attached hydrogen (secondary N) is 1. The molecule has 110 valence electrons. The summed E-state index contributed by atoms with van der Waals surface area (Å²) in [5.41, 5.74) is 1.82. The quantitative estimate of drug-likeness (QED) is 0.853. The van der Waals surface area contributed by atoms with Crippen LogP contribution in [0.4, 0.5) is 5.69 Å². The lowest BCUT2D eigenvalue weighted by Gasteiger charge is -2.12. The van der Waals surface area contributed by atoms with Crippen LogP contribution in [0, 0.1) is 0 Å². The van der Waals surface area contributed by atoms with E-state index in [0.29, 0.717) is 16.7 Å². The van der Waals surface area contributed by atoms with E-state index >= 15 is 0 Å². The van der Waals surface area contributed by atoms with Crippen molar-refractivity contribution in [2.24, 2.45) is 0 Å². The van der Waals surface area contributed by atoms with Crippen molar-refractivity contribution in [1.82, 2.24) is 9.59 Å². The Bertz CT molecular complexity index is 668. The molecule has 1 aliphatic rings. The van der Waals surface area contributed by atoms with Gasteiger partial charge in [0.15, 0.2) is 0 Å². The maximum Gasteiger partial charge on any atom is 0.146 e. The fourth-order valence-electron chi connectivity index (χ4n) is 2.06. The molecule has 0 amide bonds. The molecule has 1 aromatic heterocycles. The third-order valence-electron chi connectivity index (χ3n) is 3.34. The zero-order valence-corrected chi connectivity index (χ0v) is 13.4. The molecule has 1 N–H and O–H groups in total. The predicted molar refractivity (Wildman–Crippen MR) is 86.8 cm³/mol. The summed E-state index contributed by atoms with van der Waals surface area (Å²) < 4.78 is 14.6. The van der Waals surface area contributed by atoms with Crippen LogP contribution < -0.4 is 14.8 Å². The van der Waals surface area contributed by atoms with Gasteiger partial charge in [-0.25, -0.2) is 0 Å². The van der Waals surface area contributed by atoms with Gasteiger partial charge in [0.25, 0.3) is 0 Å². The molecular formula is C14H15N3O2S2. The first-order valence-electron chi connectivity index (χ1n) is 6.58. The van der Waals surface area contributed by atoms with Gasteiger partial charge in [0, 0.05) is 12.0 Å². The molecule has 1 fully saturated rings. The first kappa shape index (κ1) is 14.2. The van der Waals surface area contributed by atoms with E-state index in [1.54, 1.807) is 14.2 Å². The molecule has 0 atom stereocenters. The average Bonchev–Trinajstić information content (AvgIpc) is 3.24. The van der Waals surface area contributed by atoms with Crippen LogP contribution in [0.25, 0.3) is 0 Å². The number of aromatic nitrogens is 2. The van der Waals surface area contributed by atoms with Crippen LogP contribution in [0.2, 0.25) is 0 Å². The summed E-state index contributed by atoms with van der Waals surface area (Å²) in [7, 11) is 3.24. The molecule has 0 bridgehead atoms. The third kappa shape index (κ3) is 2.98. The molecule has 1 aliphatic carbocycles. The molecule has 21 heavy (non-hydrogen) atoms. The molecule has 0 unspecified atom stereocenters. The van der Waals surface area contributed by atoms with Crippen molar-refractivity contribution in [3.63, 3.8) is 0 Å². The fourth-order valence-corrected chi connectivity index (χ4v) is 3.03. The SMILES string of the molecule is COc1ccc(NC(=S)c2snnc2C2CC2)c(OC)c1. The average molecular weight is 321 g/mol. The first-order valence-corrected chi connectivity index (χ1v) is 7.76. The summed E-state index contributed by atoms with van der Waals surface area (Å²) in [6, 6.07) is 5.56. The Kier molecular flexibility index (Phi) is 4.03. The Balaban J connectivity index is 1.82. The lowest BCUT2D eigenvalue weighted by molar-refractivity contribution is 0.395. The van der Waals surface area contributed by atoms with Crippen LogP contribution in [-0.4, -0.2) is 28.8 Å². The molecule has 0 radical (unpaired) electrons. The summed E-state index contributed by atoms with van der Waals surface area (Å²) in [5, 5.41) is 7.42. The van der Waals surface area contributed by atoms with Crippen LogP contribution in [0.1, 0.15) is 29.3 Å². The van der Waals surface area contributed by atoms with Crippen LogP contribution in [0.5, 0.6) is 11.5 Å². The summed E-state index contributed by atoms with van der Waals surface area (Å²) in [6.07, 6.45) is 2.35. The van der Waals surface area contributed by atoms with Gasteiger partial charge in [-0.2, -0.15) is 0 Å². The lowest BCUT2D eigenvalue weighted by atomic mass is 10.2. The van der Waals surface area contributed by atoms with Crippen LogP contribution in [-0.2, 0) is 0 Å². The number of hydrogen-bond donors (Lipinski definition) is 1. The molecule has 2 aromatic rings. The normalized spacial score (nSPS) is 13.8. The summed E-state index contributed by atoms with van der Waals surface area (Å²) >= 11 is 6.83. The second-order valence-corrected chi connectivity index (χ2v) is 5.94. The van der Waals surface area contributed by atoms with E-state index in [1.807, 2.05) is 18.2 Å². The fraction of sp³-hybridized carbons (Fsp3) is 0.357. The van der Waals surface area contributed by atoms with Crippen molar-refractivity contribution in [3.05, 3.63) is 28.8 Å². The number of hydrogen-bond acceptors (Lipinski definition) is 6. The summed E-state index contributed by atoms with van der Waals surface area (Å²) in [6.45, 7) is 0. The monoisotopic (exact) mass is 321 g/mol. The third-order valence-corrected chi connectivity index (χ3v) is 4.54. The molecule has 3 rings (SSSR count). The van der Waals surface area contributed by atoms with E-state index < -0.39 is 0 Å². The Morgan fingerprint density at radius 1 is 1.33 bits per heavy atom.